The number of rotatable bonds is 5. The van der Waals surface area contributed by atoms with Crippen LogP contribution in [-0.2, 0) is 14.8 Å². The van der Waals surface area contributed by atoms with Crippen molar-refractivity contribution in [3.05, 3.63) is 30.5 Å². The van der Waals surface area contributed by atoms with Crippen molar-refractivity contribution in [1.82, 2.24) is 9.88 Å². The summed E-state index contributed by atoms with van der Waals surface area (Å²) in [5.41, 5.74) is 1.36. The van der Waals surface area contributed by atoms with Crippen molar-refractivity contribution >= 4 is 38.1 Å². The Morgan fingerprint density at radius 3 is 2.73 bits per heavy atom. The molecule has 0 aliphatic carbocycles. The maximum Gasteiger partial charge on any atom is 0.231 e. The van der Waals surface area contributed by atoms with E-state index >= 15 is 0 Å². The molecule has 1 aromatic carbocycles. The second-order valence-electron chi connectivity index (χ2n) is 6.00. The summed E-state index contributed by atoms with van der Waals surface area (Å²) in [6, 6.07) is 6.91. The molecule has 2 heterocycles. The van der Waals surface area contributed by atoms with Gasteiger partial charge in [-0.15, -0.1) is 0 Å². The highest BCUT2D eigenvalue weighted by molar-refractivity contribution is 7.92. The molecule has 1 amide bonds. The highest BCUT2D eigenvalue weighted by Gasteiger charge is 2.28. The minimum absolute atomic E-state index is 0.128. The summed E-state index contributed by atoms with van der Waals surface area (Å²) < 4.78 is 24.9. The van der Waals surface area contributed by atoms with Crippen molar-refractivity contribution in [2.45, 2.75) is 6.42 Å². The molecule has 2 N–H and O–H groups in total. The summed E-state index contributed by atoms with van der Waals surface area (Å²) in [4.78, 5) is 18.9. The van der Waals surface area contributed by atoms with Crippen molar-refractivity contribution in [3.8, 4) is 16.6 Å². The molecule has 10 heteroatoms. The minimum Gasteiger partial charge on any atom is -0.310 e. The number of likely N-dealkylation sites (tertiary alicyclic amines) is 1. The normalized spacial score (nSPS) is 16.9. The Hall–Kier alpha value is -2.64. The number of amides is 1. The monoisotopic (exact) mass is 391 g/mol. The number of thiazole rings is 1. The molecule has 0 saturated carbocycles. The molecule has 0 spiro atoms. The van der Waals surface area contributed by atoms with Crippen molar-refractivity contribution in [1.29, 1.82) is 5.26 Å². The van der Waals surface area contributed by atoms with E-state index in [0.717, 1.165) is 16.7 Å². The van der Waals surface area contributed by atoms with Crippen LogP contribution in [0.15, 0.2) is 30.5 Å². The molecule has 8 nitrogen and oxygen atoms in total. The lowest BCUT2D eigenvalue weighted by Gasteiger charge is -2.08. The summed E-state index contributed by atoms with van der Waals surface area (Å²) in [6.45, 7) is 1.04. The number of carbonyl (C=O) groups excluding carboxylic acids is 1. The molecule has 0 radical (unpaired) electrons. The predicted octanol–water partition coefficient (Wildman–Crippen LogP) is 1.92. The van der Waals surface area contributed by atoms with Gasteiger partial charge in [0.2, 0.25) is 15.9 Å². The molecule has 136 valence electrons. The predicted molar refractivity (Wildman–Crippen MR) is 99.9 cm³/mol. The molecule has 1 fully saturated rings. The molecule has 1 saturated heterocycles. The van der Waals surface area contributed by atoms with E-state index in [1.165, 1.54) is 11.3 Å². The van der Waals surface area contributed by atoms with Crippen LogP contribution >= 0.6 is 11.3 Å². The van der Waals surface area contributed by atoms with E-state index in [0.29, 0.717) is 30.3 Å². The summed E-state index contributed by atoms with van der Waals surface area (Å²) in [5, 5.41) is 12.2. The van der Waals surface area contributed by atoms with Gasteiger partial charge in [0.1, 0.15) is 0 Å². The molecule has 1 aliphatic rings. The third kappa shape index (κ3) is 4.50. The van der Waals surface area contributed by atoms with E-state index in [9.17, 15) is 13.2 Å². The van der Waals surface area contributed by atoms with Gasteiger partial charge in [0.25, 0.3) is 0 Å². The first-order valence-electron chi connectivity index (χ1n) is 7.83. The molecular weight excluding hydrogens is 374 g/mol. The van der Waals surface area contributed by atoms with Crippen molar-refractivity contribution < 1.29 is 13.2 Å². The van der Waals surface area contributed by atoms with Gasteiger partial charge in [0, 0.05) is 25.0 Å². The van der Waals surface area contributed by atoms with Crippen LogP contribution in [0.25, 0.3) is 10.4 Å². The zero-order valence-corrected chi connectivity index (χ0v) is 15.6. The number of anilines is 2. The van der Waals surface area contributed by atoms with Crippen LogP contribution in [0, 0.1) is 17.4 Å². The van der Waals surface area contributed by atoms with Crippen molar-refractivity contribution in [2.75, 3.05) is 29.4 Å². The molecule has 1 aromatic heterocycles. The Bertz CT molecular complexity index is 947. The Balaban J connectivity index is 1.64. The second kappa shape index (κ2) is 7.31. The Morgan fingerprint density at radius 1 is 1.38 bits per heavy atom. The highest BCUT2D eigenvalue weighted by atomic mass is 32.2. The molecule has 0 bridgehead atoms. The van der Waals surface area contributed by atoms with Crippen LogP contribution in [0.4, 0.5) is 10.8 Å². The second-order valence-corrected chi connectivity index (χ2v) is 8.78. The number of hydrogen-bond acceptors (Lipinski definition) is 7. The van der Waals surface area contributed by atoms with Crippen LogP contribution in [0.1, 0.15) is 6.42 Å². The molecular formula is C16H17N5O3S2. The largest absolute Gasteiger partial charge is 0.310 e. The number of benzene rings is 1. The maximum atomic E-state index is 12.3. The molecule has 3 rings (SSSR count). The maximum absolute atomic E-state index is 12.3. The van der Waals surface area contributed by atoms with Crippen LogP contribution in [0.3, 0.4) is 0 Å². The Labute approximate surface area is 155 Å². The summed E-state index contributed by atoms with van der Waals surface area (Å²) in [6.07, 6.45) is 5.47. The van der Waals surface area contributed by atoms with Gasteiger partial charge in [-0.3, -0.25) is 9.52 Å². The van der Waals surface area contributed by atoms with Crippen LogP contribution in [-0.4, -0.2) is 43.6 Å². The fourth-order valence-electron chi connectivity index (χ4n) is 2.65. The average molecular weight is 391 g/mol. The van der Waals surface area contributed by atoms with Crippen molar-refractivity contribution in [2.24, 2.45) is 5.92 Å². The van der Waals surface area contributed by atoms with E-state index in [1.807, 2.05) is 0 Å². The number of nitrogens with zero attached hydrogens (tertiary/aromatic N) is 3. The van der Waals surface area contributed by atoms with Crippen LogP contribution in [0.5, 0.6) is 0 Å². The van der Waals surface area contributed by atoms with Gasteiger partial charge in [0.15, 0.2) is 11.3 Å². The van der Waals surface area contributed by atoms with E-state index in [1.54, 1.807) is 35.4 Å². The SMILES string of the molecule is CS(=O)(=O)Nc1ccc(-c2cnc(NC(=O)[C@H]3CCN(C#N)C3)s2)cc1. The zero-order chi connectivity index (χ0) is 18.7. The number of sulfonamides is 1. The van der Waals surface area contributed by atoms with E-state index < -0.39 is 10.0 Å². The van der Waals surface area contributed by atoms with Gasteiger partial charge >= 0.3 is 0 Å². The minimum atomic E-state index is -3.31. The fourth-order valence-corrected chi connectivity index (χ4v) is 4.04. The Morgan fingerprint density at radius 2 is 2.12 bits per heavy atom. The molecule has 1 atom stereocenters. The third-order valence-electron chi connectivity index (χ3n) is 3.91. The fraction of sp³-hybridized carbons (Fsp3) is 0.312. The van der Waals surface area contributed by atoms with Gasteiger partial charge in [-0.25, -0.2) is 13.4 Å². The summed E-state index contributed by atoms with van der Waals surface area (Å²) in [7, 11) is -3.31. The van der Waals surface area contributed by atoms with Gasteiger partial charge in [0.05, 0.1) is 17.1 Å². The van der Waals surface area contributed by atoms with E-state index in [4.69, 9.17) is 5.26 Å². The van der Waals surface area contributed by atoms with Gasteiger partial charge in [-0.05, 0) is 24.1 Å². The lowest BCUT2D eigenvalue weighted by Crippen LogP contribution is -2.25. The van der Waals surface area contributed by atoms with Gasteiger partial charge < -0.3 is 10.2 Å². The lowest BCUT2D eigenvalue weighted by atomic mass is 10.1. The van der Waals surface area contributed by atoms with Gasteiger partial charge in [-0.2, -0.15) is 5.26 Å². The number of aromatic nitrogens is 1. The van der Waals surface area contributed by atoms with E-state index in [2.05, 4.69) is 21.2 Å². The highest BCUT2D eigenvalue weighted by Crippen LogP contribution is 2.30. The molecule has 1 aliphatic heterocycles. The summed E-state index contributed by atoms with van der Waals surface area (Å²) >= 11 is 1.34. The zero-order valence-electron chi connectivity index (χ0n) is 14.0. The van der Waals surface area contributed by atoms with Crippen LogP contribution < -0.4 is 10.0 Å². The quantitative estimate of drug-likeness (QED) is 0.753. The Kier molecular flexibility index (Phi) is 5.11. The number of hydrogen-bond donors (Lipinski definition) is 2. The lowest BCUT2D eigenvalue weighted by molar-refractivity contribution is -0.119. The van der Waals surface area contributed by atoms with E-state index in [-0.39, 0.29) is 11.8 Å². The first-order valence-corrected chi connectivity index (χ1v) is 10.5. The smallest absolute Gasteiger partial charge is 0.231 e. The summed E-state index contributed by atoms with van der Waals surface area (Å²) in [5.74, 6) is -0.334. The first kappa shape index (κ1) is 18.2. The first-order chi connectivity index (χ1) is 12.3. The molecule has 2 aromatic rings. The van der Waals surface area contributed by atoms with Crippen LogP contribution in [0.2, 0.25) is 0 Å². The number of nitrogens with one attached hydrogen (secondary N) is 2. The standard InChI is InChI=1S/C16H17N5O3S2/c1-26(23,24)20-13-4-2-11(3-5-13)14-8-18-16(25-14)19-15(22)12-6-7-21(9-12)10-17/h2-5,8,12,20H,6-7,9H2,1H3,(H,18,19,22)/t12-/m0/s1. The topological polar surface area (TPSA) is 115 Å². The number of nitriles is 1. The molecule has 26 heavy (non-hydrogen) atoms. The number of carbonyl (C=O) groups is 1. The third-order valence-corrected chi connectivity index (χ3v) is 5.48. The van der Waals surface area contributed by atoms with Gasteiger partial charge in [-0.1, -0.05) is 23.5 Å². The average Bonchev–Trinajstić information content (AvgIpc) is 3.23. The molecule has 0 unspecified atom stereocenters. The van der Waals surface area contributed by atoms with Crippen molar-refractivity contribution in [3.63, 3.8) is 0 Å².